The summed E-state index contributed by atoms with van der Waals surface area (Å²) in [5.41, 5.74) is 3.71. The van der Waals surface area contributed by atoms with Gasteiger partial charge in [0.25, 0.3) is 0 Å². The molecular weight excluding hydrogens is 395 g/mol. The second-order valence-electron chi connectivity index (χ2n) is 6.28. The largest absolute Gasteiger partial charge is 0.489 e. The molecule has 3 aromatic carbocycles. The van der Waals surface area contributed by atoms with Crippen LogP contribution in [0.5, 0.6) is 5.75 Å². The topological polar surface area (TPSA) is 50.4 Å². The maximum atomic E-state index is 11.1. The van der Waals surface area contributed by atoms with Crippen molar-refractivity contribution in [2.24, 2.45) is 0 Å². The van der Waals surface area contributed by atoms with Gasteiger partial charge in [-0.1, -0.05) is 41.4 Å². The van der Waals surface area contributed by atoms with E-state index in [0.717, 1.165) is 28.3 Å². The number of carbonyl (C=O) groups excluding carboxylic acids is 1. The summed E-state index contributed by atoms with van der Waals surface area (Å²) in [6.45, 7) is 2.51. The van der Waals surface area contributed by atoms with E-state index in [0.29, 0.717) is 23.2 Å². The first-order valence-electron chi connectivity index (χ1n) is 8.77. The smallest absolute Gasteiger partial charge is 0.221 e. The van der Waals surface area contributed by atoms with Crippen LogP contribution in [0.3, 0.4) is 0 Å². The SMILES string of the molecule is CC(=O)Nc1ccc(NCc2cccc(OCc3ccc(Cl)cc3Cl)c2)cc1. The quantitative estimate of drug-likeness (QED) is 0.487. The maximum Gasteiger partial charge on any atom is 0.221 e. The number of ether oxygens (including phenoxy) is 1. The van der Waals surface area contributed by atoms with Crippen LogP contribution in [-0.2, 0) is 17.9 Å². The van der Waals surface area contributed by atoms with E-state index in [1.165, 1.54) is 6.92 Å². The third-order valence-corrected chi connectivity index (χ3v) is 4.60. The van der Waals surface area contributed by atoms with E-state index >= 15 is 0 Å². The molecule has 0 aliphatic carbocycles. The normalized spacial score (nSPS) is 10.4. The van der Waals surface area contributed by atoms with Gasteiger partial charge in [-0.25, -0.2) is 0 Å². The lowest BCUT2D eigenvalue weighted by atomic mass is 10.2. The Balaban J connectivity index is 1.56. The molecule has 0 heterocycles. The lowest BCUT2D eigenvalue weighted by Gasteiger charge is -2.11. The second-order valence-corrected chi connectivity index (χ2v) is 7.13. The van der Waals surface area contributed by atoms with Crippen molar-refractivity contribution in [1.29, 1.82) is 0 Å². The molecule has 0 saturated carbocycles. The van der Waals surface area contributed by atoms with E-state index in [9.17, 15) is 4.79 Å². The summed E-state index contributed by atoms with van der Waals surface area (Å²) >= 11 is 12.1. The lowest BCUT2D eigenvalue weighted by Crippen LogP contribution is -2.05. The van der Waals surface area contributed by atoms with Gasteiger partial charge in [0.15, 0.2) is 0 Å². The van der Waals surface area contributed by atoms with E-state index in [4.69, 9.17) is 27.9 Å². The van der Waals surface area contributed by atoms with E-state index in [1.54, 1.807) is 12.1 Å². The Kier molecular flexibility index (Phi) is 6.80. The number of amides is 1. The van der Waals surface area contributed by atoms with Gasteiger partial charge in [-0.2, -0.15) is 0 Å². The number of hydrogen-bond acceptors (Lipinski definition) is 3. The highest BCUT2D eigenvalue weighted by atomic mass is 35.5. The van der Waals surface area contributed by atoms with Gasteiger partial charge in [-0.3, -0.25) is 4.79 Å². The van der Waals surface area contributed by atoms with Gasteiger partial charge in [-0.15, -0.1) is 0 Å². The molecule has 28 heavy (non-hydrogen) atoms. The molecule has 3 aromatic rings. The summed E-state index contributed by atoms with van der Waals surface area (Å²) in [6, 6.07) is 20.8. The van der Waals surface area contributed by atoms with Crippen molar-refractivity contribution in [3.05, 3.63) is 87.9 Å². The molecule has 0 spiro atoms. The van der Waals surface area contributed by atoms with Gasteiger partial charge in [-0.05, 0) is 54.1 Å². The molecule has 0 radical (unpaired) electrons. The molecule has 0 aliphatic heterocycles. The van der Waals surface area contributed by atoms with Crippen molar-refractivity contribution in [3.8, 4) is 5.75 Å². The number of benzene rings is 3. The van der Waals surface area contributed by atoms with Crippen molar-refractivity contribution in [2.45, 2.75) is 20.1 Å². The molecule has 0 aromatic heterocycles. The van der Waals surface area contributed by atoms with Gasteiger partial charge in [0.05, 0.1) is 0 Å². The number of halogens is 2. The van der Waals surface area contributed by atoms with Crippen molar-refractivity contribution in [3.63, 3.8) is 0 Å². The monoisotopic (exact) mass is 414 g/mol. The minimum atomic E-state index is -0.0857. The zero-order valence-corrected chi connectivity index (χ0v) is 16.8. The van der Waals surface area contributed by atoms with Crippen LogP contribution >= 0.6 is 23.2 Å². The molecule has 0 aliphatic rings. The van der Waals surface area contributed by atoms with Crippen LogP contribution < -0.4 is 15.4 Å². The van der Waals surface area contributed by atoms with E-state index in [1.807, 2.05) is 54.6 Å². The van der Waals surface area contributed by atoms with Crippen molar-refractivity contribution in [2.75, 3.05) is 10.6 Å². The minimum absolute atomic E-state index is 0.0857. The number of anilines is 2. The van der Waals surface area contributed by atoms with E-state index < -0.39 is 0 Å². The molecular formula is C22H20Cl2N2O2. The Bertz CT molecular complexity index is 959. The second kappa shape index (κ2) is 9.49. The fourth-order valence-electron chi connectivity index (χ4n) is 2.62. The summed E-state index contributed by atoms with van der Waals surface area (Å²) < 4.78 is 5.86. The van der Waals surface area contributed by atoms with Gasteiger partial charge >= 0.3 is 0 Å². The molecule has 0 atom stereocenters. The Morgan fingerprint density at radius 2 is 1.71 bits per heavy atom. The van der Waals surface area contributed by atoms with Crippen LogP contribution in [0.1, 0.15) is 18.1 Å². The van der Waals surface area contributed by atoms with Crippen molar-refractivity contribution in [1.82, 2.24) is 0 Å². The highest BCUT2D eigenvalue weighted by Gasteiger charge is 2.04. The van der Waals surface area contributed by atoms with Crippen LogP contribution in [0.15, 0.2) is 66.7 Å². The Labute approximate surface area is 174 Å². The van der Waals surface area contributed by atoms with Gasteiger partial charge < -0.3 is 15.4 Å². The van der Waals surface area contributed by atoms with Crippen molar-refractivity contribution >= 4 is 40.5 Å². The Hall–Kier alpha value is -2.69. The van der Waals surface area contributed by atoms with E-state index in [2.05, 4.69) is 10.6 Å². The average Bonchev–Trinajstić information content (AvgIpc) is 2.67. The maximum absolute atomic E-state index is 11.1. The third kappa shape index (κ3) is 5.91. The molecule has 4 nitrogen and oxygen atoms in total. The molecule has 1 amide bonds. The summed E-state index contributed by atoms with van der Waals surface area (Å²) in [5, 5.41) is 7.30. The lowest BCUT2D eigenvalue weighted by molar-refractivity contribution is -0.114. The number of rotatable bonds is 7. The minimum Gasteiger partial charge on any atom is -0.489 e. The predicted octanol–water partition coefficient (Wildman–Crippen LogP) is 6.14. The number of carbonyl (C=O) groups is 1. The Morgan fingerprint density at radius 1 is 0.964 bits per heavy atom. The van der Waals surface area contributed by atoms with Crippen LogP contribution in [0.25, 0.3) is 0 Å². The van der Waals surface area contributed by atoms with Crippen LogP contribution in [0, 0.1) is 0 Å². The van der Waals surface area contributed by atoms with Gasteiger partial charge in [0.2, 0.25) is 5.91 Å². The molecule has 2 N–H and O–H groups in total. The summed E-state index contributed by atoms with van der Waals surface area (Å²) in [6.07, 6.45) is 0. The zero-order chi connectivity index (χ0) is 19.9. The molecule has 6 heteroatoms. The predicted molar refractivity (Wildman–Crippen MR) is 115 cm³/mol. The first-order valence-corrected chi connectivity index (χ1v) is 9.52. The zero-order valence-electron chi connectivity index (χ0n) is 15.3. The standard InChI is InChI=1S/C22H20Cl2N2O2/c1-15(27)26-20-9-7-19(8-10-20)25-13-16-3-2-4-21(11-16)28-14-17-5-6-18(23)12-22(17)24/h2-12,25H,13-14H2,1H3,(H,26,27). The molecule has 144 valence electrons. The first-order chi connectivity index (χ1) is 13.5. The number of nitrogens with one attached hydrogen (secondary N) is 2. The molecule has 0 bridgehead atoms. The van der Waals surface area contributed by atoms with Gasteiger partial charge in [0, 0.05) is 40.5 Å². The Morgan fingerprint density at radius 3 is 2.43 bits per heavy atom. The fourth-order valence-corrected chi connectivity index (χ4v) is 3.09. The molecule has 0 fully saturated rings. The van der Waals surface area contributed by atoms with Gasteiger partial charge in [0.1, 0.15) is 12.4 Å². The first kappa shape index (κ1) is 20.1. The van der Waals surface area contributed by atoms with Crippen LogP contribution in [0.2, 0.25) is 10.0 Å². The van der Waals surface area contributed by atoms with Crippen LogP contribution in [-0.4, -0.2) is 5.91 Å². The number of hydrogen-bond donors (Lipinski definition) is 2. The average molecular weight is 415 g/mol. The van der Waals surface area contributed by atoms with E-state index in [-0.39, 0.29) is 5.91 Å². The molecule has 0 unspecified atom stereocenters. The summed E-state index contributed by atoms with van der Waals surface area (Å²) in [4.78, 5) is 11.1. The highest BCUT2D eigenvalue weighted by Crippen LogP contribution is 2.23. The van der Waals surface area contributed by atoms with Crippen LogP contribution in [0.4, 0.5) is 11.4 Å². The summed E-state index contributed by atoms with van der Waals surface area (Å²) in [7, 11) is 0. The summed E-state index contributed by atoms with van der Waals surface area (Å²) in [5.74, 6) is 0.684. The molecule has 3 rings (SSSR count). The third-order valence-electron chi connectivity index (χ3n) is 4.01. The molecule has 0 saturated heterocycles. The fraction of sp³-hybridized carbons (Fsp3) is 0.136. The van der Waals surface area contributed by atoms with Crippen molar-refractivity contribution < 1.29 is 9.53 Å². The highest BCUT2D eigenvalue weighted by molar-refractivity contribution is 6.35.